The lowest BCUT2D eigenvalue weighted by molar-refractivity contribution is 1.06. The zero-order chi connectivity index (χ0) is 15.0. The van der Waals surface area contributed by atoms with Gasteiger partial charge < -0.3 is 4.98 Å². The summed E-state index contributed by atoms with van der Waals surface area (Å²) in [6, 6.07) is 14.9. The molecule has 21 heavy (non-hydrogen) atoms. The fraction of sp³-hybridized carbons (Fsp3) is 0. The number of rotatable bonds is 1. The molecule has 0 atom stereocenters. The number of aromatic amines is 1. The molecule has 1 heterocycles. The Labute approximate surface area is 134 Å². The largest absolute Gasteiger partial charge is 0.330 e. The van der Waals surface area contributed by atoms with Crippen LogP contribution in [0.25, 0.3) is 16.7 Å². The summed E-state index contributed by atoms with van der Waals surface area (Å²) in [7, 11) is 0. The van der Waals surface area contributed by atoms with Crippen molar-refractivity contribution in [3.63, 3.8) is 0 Å². The average Bonchev–Trinajstić information content (AvgIpc) is 2.81. The van der Waals surface area contributed by atoms with E-state index < -0.39 is 0 Å². The first-order valence-corrected chi connectivity index (χ1v) is 7.19. The number of benzene rings is 2. The monoisotopic (exact) mass is 354 g/mol. The van der Waals surface area contributed by atoms with E-state index in [2.05, 4.69) is 20.9 Å². The highest BCUT2D eigenvalue weighted by molar-refractivity contribution is 9.10. The average molecular weight is 355 g/mol. The molecular formula is C15H7BrN4S. The molecule has 0 aliphatic carbocycles. The molecule has 0 fully saturated rings. The molecule has 3 rings (SSSR count). The Balaban J connectivity index is 2.32. The van der Waals surface area contributed by atoms with E-state index in [1.165, 1.54) is 0 Å². The molecule has 0 aliphatic rings. The van der Waals surface area contributed by atoms with Gasteiger partial charge in [-0.05, 0) is 48.6 Å². The summed E-state index contributed by atoms with van der Waals surface area (Å²) in [4.78, 5) is 3.13. The van der Waals surface area contributed by atoms with Gasteiger partial charge in [0.25, 0.3) is 0 Å². The second-order valence-electron chi connectivity index (χ2n) is 4.38. The molecule has 0 bridgehead atoms. The molecule has 0 saturated heterocycles. The Hall–Kier alpha value is -2.41. The summed E-state index contributed by atoms with van der Waals surface area (Å²) in [5.74, 6) is 0. The van der Waals surface area contributed by atoms with Crippen LogP contribution in [0.3, 0.4) is 0 Å². The summed E-state index contributed by atoms with van der Waals surface area (Å²) in [6.07, 6.45) is 0. The zero-order valence-electron chi connectivity index (χ0n) is 10.6. The van der Waals surface area contributed by atoms with Crippen LogP contribution in [-0.4, -0.2) is 9.55 Å². The number of hydrogen-bond donors (Lipinski definition) is 1. The summed E-state index contributed by atoms with van der Waals surface area (Å²) in [6.45, 7) is 0. The Morgan fingerprint density at radius 1 is 1.05 bits per heavy atom. The third-order valence-electron chi connectivity index (χ3n) is 3.15. The van der Waals surface area contributed by atoms with Crippen molar-refractivity contribution < 1.29 is 0 Å². The van der Waals surface area contributed by atoms with Gasteiger partial charge in [0, 0.05) is 10.2 Å². The smallest absolute Gasteiger partial charge is 0.182 e. The van der Waals surface area contributed by atoms with Crippen LogP contribution in [0.2, 0.25) is 0 Å². The third kappa shape index (κ3) is 2.25. The van der Waals surface area contributed by atoms with Crippen LogP contribution in [0, 0.1) is 27.4 Å². The lowest BCUT2D eigenvalue weighted by atomic mass is 10.1. The van der Waals surface area contributed by atoms with Gasteiger partial charge in [-0.2, -0.15) is 10.5 Å². The fourth-order valence-electron chi connectivity index (χ4n) is 2.20. The van der Waals surface area contributed by atoms with Crippen LogP contribution in [0.15, 0.2) is 40.9 Å². The Morgan fingerprint density at radius 2 is 1.81 bits per heavy atom. The molecule has 4 nitrogen and oxygen atoms in total. The molecular weight excluding hydrogens is 348 g/mol. The molecule has 0 amide bonds. The SMILES string of the molecule is N#Cc1ccc(-n2c(=S)[nH]c3cc(Br)ccc32)cc1C#N. The minimum atomic E-state index is 0.336. The third-order valence-corrected chi connectivity index (χ3v) is 3.92. The second kappa shape index (κ2) is 5.17. The lowest BCUT2D eigenvalue weighted by Crippen LogP contribution is -1.96. The maximum atomic E-state index is 9.14. The van der Waals surface area contributed by atoms with Crippen molar-refractivity contribution in [1.29, 1.82) is 10.5 Å². The van der Waals surface area contributed by atoms with Crippen molar-refractivity contribution >= 4 is 39.2 Å². The van der Waals surface area contributed by atoms with E-state index in [0.717, 1.165) is 21.2 Å². The first kappa shape index (κ1) is 13.6. The molecule has 0 radical (unpaired) electrons. The molecule has 1 N–H and O–H groups in total. The van der Waals surface area contributed by atoms with Crippen molar-refractivity contribution in [2.24, 2.45) is 0 Å². The minimum absolute atomic E-state index is 0.336. The van der Waals surface area contributed by atoms with E-state index in [1.54, 1.807) is 18.2 Å². The Bertz CT molecular complexity index is 1000. The van der Waals surface area contributed by atoms with E-state index in [1.807, 2.05) is 34.9 Å². The van der Waals surface area contributed by atoms with Crippen molar-refractivity contribution in [2.75, 3.05) is 0 Å². The number of nitrogens with one attached hydrogen (secondary N) is 1. The van der Waals surface area contributed by atoms with Crippen molar-refractivity contribution in [2.45, 2.75) is 0 Å². The van der Waals surface area contributed by atoms with Crippen LogP contribution < -0.4 is 0 Å². The second-order valence-corrected chi connectivity index (χ2v) is 5.68. The van der Waals surface area contributed by atoms with Gasteiger partial charge in [-0.3, -0.25) is 4.57 Å². The number of H-pyrrole nitrogens is 1. The number of halogens is 1. The van der Waals surface area contributed by atoms with Gasteiger partial charge in [0.05, 0.1) is 22.2 Å². The maximum absolute atomic E-state index is 9.14. The van der Waals surface area contributed by atoms with E-state index in [0.29, 0.717) is 15.9 Å². The number of imidazole rings is 1. The van der Waals surface area contributed by atoms with E-state index in [4.69, 9.17) is 22.7 Å². The number of nitriles is 2. The highest BCUT2D eigenvalue weighted by Gasteiger charge is 2.09. The number of fused-ring (bicyclic) bond motifs is 1. The molecule has 2 aromatic carbocycles. The highest BCUT2D eigenvalue weighted by atomic mass is 79.9. The van der Waals surface area contributed by atoms with Gasteiger partial charge in [-0.25, -0.2) is 0 Å². The number of aromatic nitrogens is 2. The molecule has 0 spiro atoms. The van der Waals surface area contributed by atoms with E-state index >= 15 is 0 Å². The predicted octanol–water partition coefficient (Wildman–Crippen LogP) is 4.19. The van der Waals surface area contributed by atoms with E-state index in [9.17, 15) is 0 Å². The van der Waals surface area contributed by atoms with Crippen LogP contribution in [0.4, 0.5) is 0 Å². The van der Waals surface area contributed by atoms with Gasteiger partial charge in [0.15, 0.2) is 4.77 Å². The van der Waals surface area contributed by atoms with E-state index in [-0.39, 0.29) is 0 Å². The first-order chi connectivity index (χ1) is 10.1. The lowest BCUT2D eigenvalue weighted by Gasteiger charge is -2.06. The van der Waals surface area contributed by atoms with Crippen molar-refractivity contribution in [3.05, 3.63) is 56.8 Å². The molecule has 6 heteroatoms. The minimum Gasteiger partial charge on any atom is -0.330 e. The van der Waals surface area contributed by atoms with Crippen LogP contribution in [-0.2, 0) is 0 Å². The topological polar surface area (TPSA) is 68.3 Å². The van der Waals surface area contributed by atoms with Gasteiger partial charge in [0.1, 0.15) is 12.1 Å². The Kier molecular flexibility index (Phi) is 3.34. The quantitative estimate of drug-likeness (QED) is 0.666. The number of nitrogens with zero attached hydrogens (tertiary/aromatic N) is 3. The Morgan fingerprint density at radius 3 is 2.52 bits per heavy atom. The summed E-state index contributed by atoms with van der Waals surface area (Å²) in [5, 5.41) is 18.1. The summed E-state index contributed by atoms with van der Waals surface area (Å²) in [5.41, 5.74) is 3.26. The van der Waals surface area contributed by atoms with Gasteiger partial charge in [0.2, 0.25) is 0 Å². The molecule has 100 valence electrons. The normalized spacial score (nSPS) is 10.2. The first-order valence-electron chi connectivity index (χ1n) is 5.99. The molecule has 0 saturated carbocycles. The highest BCUT2D eigenvalue weighted by Crippen LogP contribution is 2.24. The number of hydrogen-bond acceptors (Lipinski definition) is 3. The summed E-state index contributed by atoms with van der Waals surface area (Å²) < 4.78 is 3.34. The zero-order valence-corrected chi connectivity index (χ0v) is 13.0. The molecule has 3 aromatic rings. The standard InChI is InChI=1S/C15H7BrN4S/c16-11-2-4-14-13(6-11)19-15(21)20(14)12-3-1-9(7-17)10(5-12)8-18/h1-6H,(H,19,21). The summed E-state index contributed by atoms with van der Waals surface area (Å²) >= 11 is 8.78. The van der Waals surface area contributed by atoms with Crippen LogP contribution >= 0.6 is 28.1 Å². The van der Waals surface area contributed by atoms with Crippen molar-refractivity contribution in [1.82, 2.24) is 9.55 Å². The maximum Gasteiger partial charge on any atom is 0.182 e. The van der Waals surface area contributed by atoms with Crippen LogP contribution in [0.1, 0.15) is 11.1 Å². The predicted molar refractivity (Wildman–Crippen MR) is 85.6 cm³/mol. The van der Waals surface area contributed by atoms with Gasteiger partial charge in [-0.1, -0.05) is 15.9 Å². The van der Waals surface area contributed by atoms with Crippen molar-refractivity contribution in [3.8, 4) is 17.8 Å². The molecule has 1 aromatic heterocycles. The molecule has 0 aliphatic heterocycles. The fourth-order valence-corrected chi connectivity index (χ4v) is 2.88. The van der Waals surface area contributed by atoms with Gasteiger partial charge >= 0.3 is 0 Å². The van der Waals surface area contributed by atoms with Gasteiger partial charge in [-0.15, -0.1) is 0 Å². The molecule has 0 unspecified atom stereocenters. The van der Waals surface area contributed by atoms with Crippen LogP contribution in [0.5, 0.6) is 0 Å².